The number of carbonyl (C=O) groups is 1. The van der Waals surface area contributed by atoms with Crippen molar-refractivity contribution in [2.75, 3.05) is 33.2 Å². The summed E-state index contributed by atoms with van der Waals surface area (Å²) in [6, 6.07) is 4.83. The Bertz CT molecular complexity index is 683. The van der Waals surface area contributed by atoms with Crippen molar-refractivity contribution in [1.82, 2.24) is 20.9 Å². The summed E-state index contributed by atoms with van der Waals surface area (Å²) in [7, 11) is 1.74. The first kappa shape index (κ1) is 22.4. The van der Waals surface area contributed by atoms with Crippen molar-refractivity contribution < 1.29 is 9.18 Å². The highest BCUT2D eigenvalue weighted by Gasteiger charge is 2.21. The maximum absolute atomic E-state index is 13.2. The summed E-state index contributed by atoms with van der Waals surface area (Å²) in [5, 5.41) is 10.0. The standard InChI is InChI=1S/C20H31ClFN5O/c1-14(2)19(28)24-8-9-25-20(23-3)26-17-5-4-10-27(13-17)12-15-6-7-16(22)11-18(15)21/h6-7,11,14,17H,4-5,8-10,12-13H2,1-3H3,(H,24,28)(H2,23,25,26). The first-order valence-corrected chi connectivity index (χ1v) is 10.2. The Hall–Kier alpha value is -1.86. The zero-order valence-electron chi connectivity index (χ0n) is 16.9. The van der Waals surface area contributed by atoms with Crippen molar-refractivity contribution in [2.45, 2.75) is 39.3 Å². The first-order chi connectivity index (χ1) is 13.4. The van der Waals surface area contributed by atoms with Crippen LogP contribution in [0.4, 0.5) is 4.39 Å². The maximum atomic E-state index is 13.2. The molecular formula is C20H31ClFN5O. The summed E-state index contributed by atoms with van der Waals surface area (Å²) in [6.45, 7) is 7.45. The molecule has 0 aromatic heterocycles. The Kier molecular flexibility index (Phi) is 8.99. The molecule has 1 aliphatic rings. The van der Waals surface area contributed by atoms with Gasteiger partial charge in [-0.15, -0.1) is 0 Å². The van der Waals surface area contributed by atoms with E-state index in [-0.39, 0.29) is 23.7 Å². The van der Waals surface area contributed by atoms with Crippen LogP contribution < -0.4 is 16.0 Å². The quantitative estimate of drug-likeness (QED) is 0.366. The predicted molar refractivity (Wildman–Crippen MR) is 112 cm³/mol. The van der Waals surface area contributed by atoms with Gasteiger partial charge in [-0.05, 0) is 37.1 Å². The fraction of sp³-hybridized carbons (Fsp3) is 0.600. The molecule has 2 rings (SSSR count). The highest BCUT2D eigenvalue weighted by Crippen LogP contribution is 2.21. The van der Waals surface area contributed by atoms with Crippen LogP contribution in [0.2, 0.25) is 5.02 Å². The van der Waals surface area contributed by atoms with Crippen LogP contribution in [0.3, 0.4) is 0 Å². The normalized spacial score (nSPS) is 18.2. The Morgan fingerprint density at radius 3 is 2.79 bits per heavy atom. The Balaban J connectivity index is 1.78. The third kappa shape index (κ3) is 7.28. The number of piperidine rings is 1. The molecule has 28 heavy (non-hydrogen) atoms. The lowest BCUT2D eigenvalue weighted by Crippen LogP contribution is -2.51. The molecule has 1 aromatic rings. The number of hydrogen-bond donors (Lipinski definition) is 3. The van der Waals surface area contributed by atoms with Crippen molar-refractivity contribution >= 4 is 23.5 Å². The SMILES string of the molecule is CN=C(NCCNC(=O)C(C)C)NC1CCCN(Cc2ccc(F)cc2Cl)C1. The van der Waals surface area contributed by atoms with Crippen LogP contribution in [0.25, 0.3) is 0 Å². The van der Waals surface area contributed by atoms with Crippen molar-refractivity contribution in [2.24, 2.45) is 10.9 Å². The highest BCUT2D eigenvalue weighted by atomic mass is 35.5. The number of guanidine groups is 1. The van der Waals surface area contributed by atoms with Gasteiger partial charge in [0.05, 0.1) is 0 Å². The number of carbonyl (C=O) groups excluding carboxylic acids is 1. The zero-order valence-corrected chi connectivity index (χ0v) is 17.7. The molecule has 156 valence electrons. The summed E-state index contributed by atoms with van der Waals surface area (Å²) < 4.78 is 13.2. The summed E-state index contributed by atoms with van der Waals surface area (Å²) in [5.41, 5.74) is 0.937. The third-order valence-corrected chi connectivity index (χ3v) is 5.07. The van der Waals surface area contributed by atoms with E-state index in [1.165, 1.54) is 12.1 Å². The van der Waals surface area contributed by atoms with Crippen LogP contribution >= 0.6 is 11.6 Å². The number of amides is 1. The van der Waals surface area contributed by atoms with Gasteiger partial charge < -0.3 is 16.0 Å². The Labute approximate surface area is 171 Å². The molecule has 1 saturated heterocycles. The minimum atomic E-state index is -0.314. The lowest BCUT2D eigenvalue weighted by Gasteiger charge is -2.34. The van der Waals surface area contributed by atoms with Crippen molar-refractivity contribution in [3.05, 3.63) is 34.6 Å². The average Bonchev–Trinajstić information content (AvgIpc) is 2.66. The van der Waals surface area contributed by atoms with Crippen LogP contribution in [0.15, 0.2) is 23.2 Å². The summed E-state index contributed by atoms with van der Waals surface area (Å²) >= 11 is 6.16. The van der Waals surface area contributed by atoms with Crippen LogP contribution in [0.1, 0.15) is 32.3 Å². The van der Waals surface area contributed by atoms with E-state index in [1.807, 2.05) is 13.8 Å². The fourth-order valence-electron chi connectivity index (χ4n) is 3.17. The van der Waals surface area contributed by atoms with Gasteiger partial charge in [0, 0.05) is 50.2 Å². The molecule has 0 radical (unpaired) electrons. The summed E-state index contributed by atoms with van der Waals surface area (Å²) in [4.78, 5) is 18.2. The van der Waals surface area contributed by atoms with Gasteiger partial charge >= 0.3 is 0 Å². The van der Waals surface area contributed by atoms with Crippen molar-refractivity contribution in [3.8, 4) is 0 Å². The maximum Gasteiger partial charge on any atom is 0.222 e. The van der Waals surface area contributed by atoms with Gasteiger partial charge in [-0.2, -0.15) is 0 Å². The molecule has 0 aliphatic carbocycles. The summed E-state index contributed by atoms with van der Waals surface area (Å²) in [5.74, 6) is 0.448. The van der Waals surface area contributed by atoms with Gasteiger partial charge in [0.15, 0.2) is 5.96 Å². The topological polar surface area (TPSA) is 68.8 Å². The number of halogens is 2. The number of rotatable bonds is 7. The second-order valence-electron chi connectivity index (χ2n) is 7.40. The Morgan fingerprint density at radius 1 is 1.36 bits per heavy atom. The van der Waals surface area contributed by atoms with E-state index in [9.17, 15) is 9.18 Å². The monoisotopic (exact) mass is 411 g/mol. The zero-order chi connectivity index (χ0) is 20.5. The van der Waals surface area contributed by atoms with E-state index in [0.29, 0.717) is 24.7 Å². The minimum Gasteiger partial charge on any atom is -0.355 e. The smallest absolute Gasteiger partial charge is 0.222 e. The second kappa shape index (κ2) is 11.2. The van der Waals surface area contributed by atoms with Gasteiger partial charge in [0.1, 0.15) is 5.82 Å². The molecule has 1 heterocycles. The van der Waals surface area contributed by atoms with E-state index in [2.05, 4.69) is 25.8 Å². The van der Waals surface area contributed by atoms with E-state index in [1.54, 1.807) is 13.1 Å². The van der Waals surface area contributed by atoms with Crippen LogP contribution in [-0.2, 0) is 11.3 Å². The predicted octanol–water partition coefficient (Wildman–Crippen LogP) is 2.38. The largest absolute Gasteiger partial charge is 0.355 e. The number of hydrogen-bond acceptors (Lipinski definition) is 3. The minimum absolute atomic E-state index is 0.0136. The molecule has 0 bridgehead atoms. The van der Waals surface area contributed by atoms with E-state index in [0.717, 1.165) is 37.5 Å². The molecule has 8 heteroatoms. The van der Waals surface area contributed by atoms with Gasteiger partial charge in [0.25, 0.3) is 0 Å². The lowest BCUT2D eigenvalue weighted by atomic mass is 10.0. The van der Waals surface area contributed by atoms with Crippen molar-refractivity contribution in [3.63, 3.8) is 0 Å². The third-order valence-electron chi connectivity index (χ3n) is 4.72. The van der Waals surface area contributed by atoms with Crippen molar-refractivity contribution in [1.29, 1.82) is 0 Å². The molecule has 1 aromatic carbocycles. The number of benzene rings is 1. The molecule has 6 nitrogen and oxygen atoms in total. The number of nitrogens with one attached hydrogen (secondary N) is 3. The van der Waals surface area contributed by atoms with Crippen LogP contribution in [0, 0.1) is 11.7 Å². The van der Waals surface area contributed by atoms with Gasteiger partial charge in [-0.25, -0.2) is 4.39 Å². The van der Waals surface area contributed by atoms with E-state index < -0.39 is 0 Å². The summed E-state index contributed by atoms with van der Waals surface area (Å²) in [6.07, 6.45) is 2.12. The van der Waals surface area contributed by atoms with Crippen LogP contribution in [-0.4, -0.2) is 56.0 Å². The second-order valence-corrected chi connectivity index (χ2v) is 7.81. The molecular weight excluding hydrogens is 381 g/mol. The molecule has 1 unspecified atom stereocenters. The number of likely N-dealkylation sites (tertiary alicyclic amines) is 1. The molecule has 1 aliphatic heterocycles. The lowest BCUT2D eigenvalue weighted by molar-refractivity contribution is -0.123. The molecule has 1 fully saturated rings. The number of aliphatic imine (C=N–C) groups is 1. The average molecular weight is 412 g/mol. The molecule has 1 atom stereocenters. The van der Waals surface area contributed by atoms with E-state index >= 15 is 0 Å². The fourth-order valence-corrected chi connectivity index (χ4v) is 3.39. The van der Waals surface area contributed by atoms with Gasteiger partial charge in [-0.1, -0.05) is 31.5 Å². The molecule has 1 amide bonds. The molecule has 0 spiro atoms. The first-order valence-electron chi connectivity index (χ1n) is 9.80. The Morgan fingerprint density at radius 2 is 2.11 bits per heavy atom. The highest BCUT2D eigenvalue weighted by molar-refractivity contribution is 6.31. The molecule has 0 saturated carbocycles. The van der Waals surface area contributed by atoms with Gasteiger partial charge in [0.2, 0.25) is 5.91 Å². The number of nitrogens with zero attached hydrogens (tertiary/aromatic N) is 2. The van der Waals surface area contributed by atoms with E-state index in [4.69, 9.17) is 11.6 Å². The molecule has 3 N–H and O–H groups in total. The van der Waals surface area contributed by atoms with Crippen LogP contribution in [0.5, 0.6) is 0 Å². The van der Waals surface area contributed by atoms with Gasteiger partial charge in [-0.3, -0.25) is 14.7 Å².